The zero-order valence-electron chi connectivity index (χ0n) is 9.72. The lowest BCUT2D eigenvalue weighted by Gasteiger charge is -2.20. The van der Waals surface area contributed by atoms with Crippen molar-refractivity contribution in [2.75, 3.05) is 0 Å². The van der Waals surface area contributed by atoms with Gasteiger partial charge in [-0.1, -0.05) is 18.2 Å². The van der Waals surface area contributed by atoms with E-state index < -0.39 is 17.8 Å². The number of hydrogen-bond donors (Lipinski definition) is 2. The number of rotatable bonds is 3. The lowest BCUT2D eigenvalue weighted by Crippen LogP contribution is -2.30. The van der Waals surface area contributed by atoms with Crippen molar-refractivity contribution in [3.05, 3.63) is 59.7 Å². The Morgan fingerprint density at radius 1 is 1.11 bits per heavy atom. The van der Waals surface area contributed by atoms with Crippen LogP contribution in [-0.2, 0) is 6.18 Å². The number of aromatic nitrogens is 2. The molecule has 0 spiro atoms. The minimum Gasteiger partial charge on any atom is -0.271 e. The van der Waals surface area contributed by atoms with Gasteiger partial charge in [-0.3, -0.25) is 5.84 Å². The average Bonchev–Trinajstić information content (AvgIpc) is 2.40. The second-order valence-electron chi connectivity index (χ2n) is 3.86. The fourth-order valence-corrected chi connectivity index (χ4v) is 1.83. The Hall–Kier alpha value is -1.99. The maximum atomic E-state index is 13.0. The molecule has 0 aliphatic heterocycles. The number of halogens is 3. The lowest BCUT2D eigenvalue weighted by atomic mass is 9.96. The van der Waals surface area contributed by atoms with Crippen molar-refractivity contribution in [2.45, 2.75) is 12.2 Å². The summed E-state index contributed by atoms with van der Waals surface area (Å²) >= 11 is 0. The van der Waals surface area contributed by atoms with E-state index in [-0.39, 0.29) is 5.56 Å². The Balaban J connectivity index is 2.51. The lowest BCUT2D eigenvalue weighted by molar-refractivity contribution is -0.138. The van der Waals surface area contributed by atoms with Crippen molar-refractivity contribution in [2.24, 2.45) is 5.84 Å². The molecule has 4 nitrogen and oxygen atoms in total. The van der Waals surface area contributed by atoms with Gasteiger partial charge in [-0.05, 0) is 11.6 Å². The van der Waals surface area contributed by atoms with Crippen LogP contribution in [0, 0.1) is 0 Å². The Labute approximate surface area is 107 Å². The summed E-state index contributed by atoms with van der Waals surface area (Å²) in [5.74, 6) is 5.38. The minimum absolute atomic E-state index is 0.0345. The van der Waals surface area contributed by atoms with E-state index >= 15 is 0 Å². The Bertz CT molecular complexity index is 542. The van der Waals surface area contributed by atoms with E-state index in [2.05, 4.69) is 15.4 Å². The molecule has 1 unspecified atom stereocenters. The van der Waals surface area contributed by atoms with Gasteiger partial charge in [0, 0.05) is 18.0 Å². The van der Waals surface area contributed by atoms with Crippen LogP contribution in [0.5, 0.6) is 0 Å². The SMILES string of the molecule is NNC(c1cncnc1)c1ccccc1C(F)(F)F. The molecule has 1 aromatic carbocycles. The molecule has 0 aliphatic carbocycles. The van der Waals surface area contributed by atoms with Crippen molar-refractivity contribution >= 4 is 0 Å². The molecule has 2 rings (SSSR count). The molecule has 7 heteroatoms. The van der Waals surface area contributed by atoms with Crippen LogP contribution in [0.4, 0.5) is 13.2 Å². The molecule has 0 saturated carbocycles. The van der Waals surface area contributed by atoms with Crippen LogP contribution in [0.1, 0.15) is 22.7 Å². The van der Waals surface area contributed by atoms with Gasteiger partial charge in [-0.15, -0.1) is 0 Å². The Morgan fingerprint density at radius 2 is 1.74 bits per heavy atom. The van der Waals surface area contributed by atoms with Crippen molar-refractivity contribution in [3.63, 3.8) is 0 Å². The minimum atomic E-state index is -4.44. The molecular formula is C12H11F3N4. The number of nitrogens with two attached hydrogens (primary N) is 1. The summed E-state index contributed by atoms with van der Waals surface area (Å²) in [7, 11) is 0. The van der Waals surface area contributed by atoms with E-state index in [4.69, 9.17) is 5.84 Å². The zero-order chi connectivity index (χ0) is 13.9. The van der Waals surface area contributed by atoms with E-state index in [1.807, 2.05) is 0 Å². The molecule has 1 heterocycles. The molecule has 1 aromatic heterocycles. The van der Waals surface area contributed by atoms with E-state index in [0.29, 0.717) is 5.56 Å². The first-order chi connectivity index (χ1) is 9.04. The van der Waals surface area contributed by atoms with Gasteiger partial charge in [0.25, 0.3) is 0 Å². The molecule has 0 fully saturated rings. The smallest absolute Gasteiger partial charge is 0.271 e. The third-order valence-corrected chi connectivity index (χ3v) is 2.66. The van der Waals surface area contributed by atoms with Gasteiger partial charge in [0.05, 0.1) is 11.6 Å². The van der Waals surface area contributed by atoms with Crippen LogP contribution in [-0.4, -0.2) is 9.97 Å². The van der Waals surface area contributed by atoms with E-state index in [1.54, 1.807) is 0 Å². The molecular weight excluding hydrogens is 257 g/mol. The van der Waals surface area contributed by atoms with Crippen LogP contribution in [0.15, 0.2) is 43.0 Å². The summed E-state index contributed by atoms with van der Waals surface area (Å²) in [5.41, 5.74) is 2.13. The van der Waals surface area contributed by atoms with Gasteiger partial charge >= 0.3 is 6.18 Å². The number of alkyl halides is 3. The van der Waals surface area contributed by atoms with Crippen molar-refractivity contribution in [1.29, 1.82) is 0 Å². The molecule has 0 amide bonds. The molecule has 3 N–H and O–H groups in total. The monoisotopic (exact) mass is 268 g/mol. The van der Waals surface area contributed by atoms with Gasteiger partial charge in [-0.25, -0.2) is 15.4 Å². The molecule has 2 aromatic rings. The molecule has 0 radical (unpaired) electrons. The Kier molecular flexibility index (Phi) is 3.77. The van der Waals surface area contributed by atoms with Crippen molar-refractivity contribution in [3.8, 4) is 0 Å². The quantitative estimate of drug-likeness (QED) is 0.660. The summed E-state index contributed by atoms with van der Waals surface area (Å²) in [6.07, 6.45) is -0.302. The number of hydrogen-bond acceptors (Lipinski definition) is 4. The van der Waals surface area contributed by atoms with Gasteiger partial charge in [0.2, 0.25) is 0 Å². The highest BCUT2D eigenvalue weighted by molar-refractivity contribution is 5.37. The molecule has 0 bridgehead atoms. The van der Waals surface area contributed by atoms with Gasteiger partial charge in [-0.2, -0.15) is 13.2 Å². The van der Waals surface area contributed by atoms with Crippen LogP contribution in [0.3, 0.4) is 0 Å². The van der Waals surface area contributed by atoms with Crippen molar-refractivity contribution in [1.82, 2.24) is 15.4 Å². The van der Waals surface area contributed by atoms with Crippen LogP contribution in [0.25, 0.3) is 0 Å². The summed E-state index contributed by atoms with van der Waals surface area (Å²) in [6, 6.07) is 4.43. The topological polar surface area (TPSA) is 63.8 Å². The number of nitrogens with one attached hydrogen (secondary N) is 1. The number of hydrazine groups is 1. The standard InChI is InChI=1S/C12H11F3N4/c13-12(14,15)10-4-2-1-3-9(10)11(19-16)8-5-17-7-18-6-8/h1-7,11,19H,16H2. The number of benzene rings is 1. The van der Waals surface area contributed by atoms with E-state index in [0.717, 1.165) is 6.07 Å². The first-order valence-electron chi connectivity index (χ1n) is 5.41. The summed E-state index contributed by atoms with van der Waals surface area (Å²) < 4.78 is 38.9. The summed E-state index contributed by atoms with van der Waals surface area (Å²) in [4.78, 5) is 7.57. The second-order valence-corrected chi connectivity index (χ2v) is 3.86. The van der Waals surface area contributed by atoms with Crippen LogP contribution < -0.4 is 11.3 Å². The predicted octanol–water partition coefficient (Wildman–Crippen LogP) is 2.05. The van der Waals surface area contributed by atoms with E-state index in [1.165, 1.54) is 36.9 Å². The highest BCUT2D eigenvalue weighted by Crippen LogP contribution is 2.35. The van der Waals surface area contributed by atoms with Gasteiger partial charge in [0.15, 0.2) is 0 Å². The fourth-order valence-electron chi connectivity index (χ4n) is 1.83. The zero-order valence-corrected chi connectivity index (χ0v) is 9.72. The Morgan fingerprint density at radius 3 is 2.32 bits per heavy atom. The molecule has 100 valence electrons. The largest absolute Gasteiger partial charge is 0.416 e. The molecule has 0 aliphatic rings. The average molecular weight is 268 g/mol. The molecule has 0 saturated heterocycles. The maximum Gasteiger partial charge on any atom is 0.416 e. The summed E-state index contributed by atoms with van der Waals surface area (Å²) in [6.45, 7) is 0. The first-order valence-corrected chi connectivity index (χ1v) is 5.41. The molecule has 1 atom stereocenters. The highest BCUT2D eigenvalue weighted by atomic mass is 19.4. The van der Waals surface area contributed by atoms with Crippen LogP contribution in [0.2, 0.25) is 0 Å². The van der Waals surface area contributed by atoms with Gasteiger partial charge < -0.3 is 0 Å². The maximum absolute atomic E-state index is 13.0. The molecule has 19 heavy (non-hydrogen) atoms. The van der Waals surface area contributed by atoms with Gasteiger partial charge in [0.1, 0.15) is 6.33 Å². The fraction of sp³-hybridized carbons (Fsp3) is 0.167. The van der Waals surface area contributed by atoms with Crippen LogP contribution >= 0.6 is 0 Å². The highest BCUT2D eigenvalue weighted by Gasteiger charge is 2.35. The predicted molar refractivity (Wildman–Crippen MR) is 62.6 cm³/mol. The second kappa shape index (κ2) is 5.33. The third kappa shape index (κ3) is 2.88. The third-order valence-electron chi connectivity index (χ3n) is 2.66. The summed E-state index contributed by atoms with van der Waals surface area (Å²) in [5, 5.41) is 0. The normalized spacial score (nSPS) is 13.3. The number of nitrogens with zero attached hydrogens (tertiary/aromatic N) is 2. The van der Waals surface area contributed by atoms with E-state index in [9.17, 15) is 13.2 Å². The van der Waals surface area contributed by atoms with Crippen molar-refractivity contribution < 1.29 is 13.2 Å². The first kappa shape index (κ1) is 13.4.